The highest BCUT2D eigenvalue weighted by atomic mass is 28.4. The maximum Gasteiger partial charge on any atom is 0.491 e. The van der Waals surface area contributed by atoms with Crippen LogP contribution < -0.4 is 17.7 Å². The van der Waals surface area contributed by atoms with Gasteiger partial charge >= 0.3 is 17.1 Å². The van der Waals surface area contributed by atoms with Crippen molar-refractivity contribution in [2.24, 2.45) is 0 Å². The van der Waals surface area contributed by atoms with Crippen LogP contribution in [0, 0.1) is 0 Å². The monoisotopic (exact) mass is 484 g/mol. The van der Waals surface area contributed by atoms with Crippen LogP contribution in [0.5, 0.6) is 23.0 Å². The van der Waals surface area contributed by atoms with E-state index in [1.54, 1.807) is 0 Å². The fourth-order valence-electron chi connectivity index (χ4n) is 3.64. The molecule has 0 bridgehead atoms. The Balaban J connectivity index is 1.72. The van der Waals surface area contributed by atoms with Gasteiger partial charge in [-0.25, -0.2) is 0 Å². The summed E-state index contributed by atoms with van der Waals surface area (Å²) in [5.74, 6) is 2.94. The molecule has 0 radical (unpaired) electrons. The fraction of sp³-hybridized carbons (Fsp3) is 0.0714. The van der Waals surface area contributed by atoms with Crippen LogP contribution in [0.25, 0.3) is 0 Å². The first kappa shape index (κ1) is 23.4. The van der Waals surface area contributed by atoms with E-state index in [0.29, 0.717) is 5.67 Å². The Morgan fingerprint density at radius 1 is 0.529 bits per heavy atom. The summed E-state index contributed by atoms with van der Waals surface area (Å²) in [6.07, 6.45) is 0. The van der Waals surface area contributed by atoms with Gasteiger partial charge in [-0.05, 0) is 54.2 Å². The second-order valence-electron chi connectivity index (χ2n) is 7.99. The van der Waals surface area contributed by atoms with E-state index in [1.807, 2.05) is 134 Å². The minimum atomic E-state index is -3.12. The molecule has 0 aliphatic carbocycles. The first-order valence-electron chi connectivity index (χ1n) is 11.2. The topological polar surface area (TPSA) is 36.9 Å². The highest BCUT2D eigenvalue weighted by molar-refractivity contribution is 6.89. The van der Waals surface area contributed by atoms with E-state index < -0.39 is 17.1 Å². The molecule has 0 amide bonds. The predicted molar refractivity (Wildman–Crippen MR) is 141 cm³/mol. The summed E-state index contributed by atoms with van der Waals surface area (Å²) in [7, 11) is -6.07. The number of hydrogen-bond acceptors (Lipinski definition) is 4. The summed E-state index contributed by atoms with van der Waals surface area (Å²) in [6, 6.07) is 38.9. The van der Waals surface area contributed by atoms with Crippen molar-refractivity contribution in [3.63, 3.8) is 0 Å². The molecule has 6 heteroatoms. The molecule has 0 saturated carbocycles. The smallest absolute Gasteiger partial charge is 0.491 e. The zero-order chi connectivity index (χ0) is 23.7. The number of para-hydroxylation sites is 4. The molecule has 172 valence electrons. The van der Waals surface area contributed by atoms with Crippen LogP contribution in [-0.4, -0.2) is 17.1 Å². The lowest BCUT2D eigenvalue weighted by Crippen LogP contribution is -2.59. The second kappa shape index (κ2) is 10.9. The maximum absolute atomic E-state index is 6.60. The zero-order valence-electron chi connectivity index (χ0n) is 19.2. The number of hydrogen-bond donors (Lipinski definition) is 0. The molecular weight excluding hydrogens is 456 g/mol. The van der Waals surface area contributed by atoms with Crippen LogP contribution in [-0.2, 0) is 0 Å². The van der Waals surface area contributed by atoms with Crippen LogP contribution in [0.1, 0.15) is 0 Å². The molecule has 34 heavy (non-hydrogen) atoms. The predicted octanol–water partition coefficient (Wildman–Crippen LogP) is 7.08. The Labute approximate surface area is 203 Å². The summed E-state index contributed by atoms with van der Waals surface area (Å²) in [5.41, 5.74) is 2.28. The Hall–Kier alpha value is -3.75. The molecule has 4 aromatic rings. The highest BCUT2D eigenvalue weighted by Crippen LogP contribution is 2.31. The van der Waals surface area contributed by atoms with Gasteiger partial charge in [0, 0.05) is 6.55 Å². The summed E-state index contributed by atoms with van der Waals surface area (Å²) >= 11 is 0. The maximum atomic E-state index is 6.60. The van der Waals surface area contributed by atoms with Crippen LogP contribution in [0.15, 0.2) is 134 Å². The van der Waals surface area contributed by atoms with Crippen molar-refractivity contribution in [1.29, 1.82) is 0 Å². The van der Waals surface area contributed by atoms with Gasteiger partial charge in [0.15, 0.2) is 0 Å². The molecule has 0 N–H and O–H groups in total. The van der Waals surface area contributed by atoms with E-state index in [1.165, 1.54) is 0 Å². The van der Waals surface area contributed by atoms with E-state index in [0.717, 1.165) is 23.0 Å². The SMILES string of the molecule is C=C[Si](C[Si](C)(Oc1ccccc1)Oc1ccccc1)(Oc1ccccc1)Oc1ccccc1. The van der Waals surface area contributed by atoms with Crippen molar-refractivity contribution < 1.29 is 17.7 Å². The Kier molecular flexibility index (Phi) is 7.52. The van der Waals surface area contributed by atoms with E-state index in [4.69, 9.17) is 17.7 Å². The van der Waals surface area contributed by atoms with Crippen molar-refractivity contribution in [1.82, 2.24) is 0 Å². The minimum Gasteiger partial charge on any atom is -0.512 e. The standard InChI is InChI=1S/C28H28O4Si2/c1-3-34(31-27-20-12-6-13-21-27,32-28-22-14-7-15-23-28)24-33(2,29-25-16-8-4-9-17-25)30-26-18-10-5-11-19-26/h3-23H,1,24H2,2H3. The number of rotatable bonds is 11. The molecule has 0 unspecified atom stereocenters. The van der Waals surface area contributed by atoms with E-state index in [2.05, 4.69) is 6.58 Å². The number of benzene rings is 4. The molecule has 4 nitrogen and oxygen atoms in total. The van der Waals surface area contributed by atoms with Gasteiger partial charge in [-0.1, -0.05) is 72.8 Å². The molecule has 0 aliphatic heterocycles. The third-order valence-corrected chi connectivity index (χ3v) is 12.8. The van der Waals surface area contributed by atoms with E-state index >= 15 is 0 Å². The molecule has 0 atom stereocenters. The molecule has 0 heterocycles. The molecule has 0 aliphatic rings. The van der Waals surface area contributed by atoms with Crippen LogP contribution >= 0.6 is 0 Å². The van der Waals surface area contributed by atoms with Crippen LogP contribution in [0.3, 0.4) is 0 Å². The summed E-state index contributed by atoms with van der Waals surface area (Å²) in [6.45, 7) is 6.19. The second-order valence-corrected chi connectivity index (χ2v) is 14.5. The van der Waals surface area contributed by atoms with Gasteiger partial charge < -0.3 is 17.7 Å². The first-order chi connectivity index (χ1) is 16.6. The quantitative estimate of drug-likeness (QED) is 0.213. The van der Waals surface area contributed by atoms with Gasteiger partial charge in [-0.15, -0.1) is 6.58 Å². The summed E-state index contributed by atoms with van der Waals surface area (Å²) < 4.78 is 26.4. The van der Waals surface area contributed by atoms with Gasteiger partial charge in [0.05, 0.1) is 5.67 Å². The molecular formula is C28H28O4Si2. The lowest BCUT2D eigenvalue weighted by molar-refractivity contribution is 0.368. The van der Waals surface area contributed by atoms with Crippen molar-refractivity contribution in [2.45, 2.75) is 12.2 Å². The molecule has 0 spiro atoms. The third-order valence-electron chi connectivity index (χ3n) is 5.10. The summed E-state index contributed by atoms with van der Waals surface area (Å²) in [4.78, 5) is 0. The average molecular weight is 485 g/mol. The molecule has 0 saturated heterocycles. The molecule has 4 aromatic carbocycles. The Morgan fingerprint density at radius 2 is 0.824 bits per heavy atom. The Morgan fingerprint density at radius 3 is 1.12 bits per heavy atom. The normalized spacial score (nSPS) is 11.3. The van der Waals surface area contributed by atoms with Gasteiger partial charge in [-0.3, -0.25) is 0 Å². The van der Waals surface area contributed by atoms with Gasteiger partial charge in [0.1, 0.15) is 23.0 Å². The Bertz CT molecular complexity index is 1070. The van der Waals surface area contributed by atoms with Gasteiger partial charge in [-0.2, -0.15) is 0 Å². The van der Waals surface area contributed by atoms with E-state index in [-0.39, 0.29) is 0 Å². The summed E-state index contributed by atoms with van der Waals surface area (Å²) in [5, 5.41) is 0. The molecule has 0 fully saturated rings. The molecule has 4 rings (SSSR count). The van der Waals surface area contributed by atoms with Crippen molar-refractivity contribution in [2.75, 3.05) is 0 Å². The lowest BCUT2D eigenvalue weighted by atomic mass is 10.3. The van der Waals surface area contributed by atoms with Crippen molar-refractivity contribution in [3.05, 3.63) is 134 Å². The van der Waals surface area contributed by atoms with Crippen LogP contribution in [0.2, 0.25) is 12.2 Å². The first-order valence-corrected chi connectivity index (χ1v) is 15.8. The largest absolute Gasteiger partial charge is 0.512 e. The van der Waals surface area contributed by atoms with E-state index in [9.17, 15) is 0 Å². The minimum absolute atomic E-state index is 0.455. The van der Waals surface area contributed by atoms with Gasteiger partial charge in [0.25, 0.3) is 0 Å². The van der Waals surface area contributed by atoms with Crippen LogP contribution in [0.4, 0.5) is 0 Å². The average Bonchev–Trinajstić information content (AvgIpc) is 2.86. The van der Waals surface area contributed by atoms with Crippen molar-refractivity contribution in [3.8, 4) is 23.0 Å². The molecule has 0 aromatic heterocycles. The van der Waals surface area contributed by atoms with Gasteiger partial charge in [0.2, 0.25) is 0 Å². The lowest BCUT2D eigenvalue weighted by Gasteiger charge is -2.35. The fourth-order valence-corrected chi connectivity index (χ4v) is 11.5. The third kappa shape index (κ3) is 6.40. The van der Waals surface area contributed by atoms with Crippen molar-refractivity contribution >= 4 is 17.1 Å². The zero-order valence-corrected chi connectivity index (χ0v) is 21.2. The highest BCUT2D eigenvalue weighted by Gasteiger charge is 2.53.